The van der Waals surface area contributed by atoms with E-state index in [1.165, 1.54) is 65.2 Å². The van der Waals surface area contributed by atoms with E-state index in [0.29, 0.717) is 0 Å². The average molecular weight is 480 g/mol. The molecule has 2 heterocycles. The third-order valence-electron chi connectivity index (χ3n) is 7.28. The number of rotatable bonds is 2. The number of thiophene rings is 1. The summed E-state index contributed by atoms with van der Waals surface area (Å²) in [5.74, 6) is 0. The van der Waals surface area contributed by atoms with E-state index in [9.17, 15) is 0 Å². The fourth-order valence-corrected chi connectivity index (χ4v) is 6.88. The summed E-state index contributed by atoms with van der Waals surface area (Å²) >= 11 is 1.93. The van der Waals surface area contributed by atoms with Crippen molar-refractivity contribution in [3.8, 4) is 0 Å². The largest absolute Gasteiger partial charge is 0.257 e. The lowest BCUT2D eigenvalue weighted by Gasteiger charge is -2.28. The van der Waals surface area contributed by atoms with Gasteiger partial charge in [0, 0.05) is 0 Å². The zero-order chi connectivity index (χ0) is 25.3. The van der Waals surface area contributed by atoms with Crippen molar-refractivity contribution in [1.29, 1.82) is 0 Å². The van der Waals surface area contributed by atoms with Gasteiger partial charge in [-0.1, -0.05) is 102 Å². The minimum absolute atomic E-state index is 0.0422. The molecule has 0 saturated carbocycles. The van der Waals surface area contributed by atoms with Gasteiger partial charge in [0.15, 0.2) is 15.6 Å². The molecule has 0 N–H and O–H groups in total. The molecule has 0 spiro atoms. The fraction of sp³-hybridized carbons (Fsp3) is 0.333. The third-order valence-corrected chi connectivity index (χ3v) is 8.63. The average Bonchev–Trinajstić information content (AvgIpc) is 3.14. The minimum Gasteiger partial charge on any atom is -0.257 e. The molecule has 1 nitrogen and oxygen atoms in total. The first-order valence-electron chi connectivity index (χ1n) is 12.6. The van der Waals surface area contributed by atoms with Crippen LogP contribution in [0.2, 0.25) is 0 Å². The van der Waals surface area contributed by atoms with E-state index < -0.39 is 0 Å². The highest BCUT2D eigenvalue weighted by Gasteiger charge is 2.35. The Balaban J connectivity index is 1.76. The summed E-state index contributed by atoms with van der Waals surface area (Å²) in [5.41, 5.74) is 8.51. The number of nitrogens with zero attached hydrogens (tertiary/aromatic N) is 1. The van der Waals surface area contributed by atoms with Gasteiger partial charge in [0.2, 0.25) is 0 Å². The highest BCUT2D eigenvalue weighted by atomic mass is 32.1. The quantitative estimate of drug-likeness (QED) is 0.153. The molecular formula is C33H37NS. The number of hydrogen-bond acceptors (Lipinski definition) is 0. The summed E-state index contributed by atoms with van der Waals surface area (Å²) in [4.78, 5) is 1.33. The predicted molar refractivity (Wildman–Crippen MR) is 155 cm³/mol. The topological polar surface area (TPSA) is 3.01 Å². The van der Waals surface area contributed by atoms with Gasteiger partial charge in [-0.05, 0) is 51.3 Å². The van der Waals surface area contributed by atoms with Gasteiger partial charge in [-0.15, -0.1) is 17.7 Å². The standard InChI is InChI=1S/C33H37NS/c1-20-22(19-32(3,4)5)14-15-25-26-16-17-34(9)29(31(26)35-30(20)25)27-18-28(33(6,7)8)24-13-11-10-12-23(24)21(27)2/h10-18H,9,19H2,1-8H3. The second kappa shape index (κ2) is 8.10. The van der Waals surface area contributed by atoms with Crippen LogP contribution in [0.5, 0.6) is 0 Å². The molecule has 0 radical (unpaired) electrons. The zero-order valence-corrected chi connectivity index (χ0v) is 23.3. The van der Waals surface area contributed by atoms with Crippen LogP contribution in [0.15, 0.2) is 48.7 Å². The van der Waals surface area contributed by atoms with Crippen LogP contribution in [0.4, 0.5) is 0 Å². The molecule has 1 aliphatic heterocycles. The first-order chi connectivity index (χ1) is 16.4. The van der Waals surface area contributed by atoms with Gasteiger partial charge < -0.3 is 0 Å². The SMILES string of the molecule is C=[N+]1C=Cc2c([s+][c-]3c(C)c(CC(C)(C)C)ccc23)[C-]1c1cc(C(C)(C)C)c2ccccc2c1C. The Hall–Kier alpha value is -2.84. The molecule has 0 amide bonds. The molecule has 3 aromatic carbocycles. The Morgan fingerprint density at radius 1 is 0.943 bits per heavy atom. The molecule has 35 heavy (non-hydrogen) atoms. The lowest BCUT2D eigenvalue weighted by molar-refractivity contribution is -0.417. The van der Waals surface area contributed by atoms with Crippen molar-refractivity contribution < 1.29 is 4.58 Å². The van der Waals surface area contributed by atoms with Crippen molar-refractivity contribution in [3.05, 3.63) is 93.0 Å². The number of fused-ring (bicyclic) bond motifs is 4. The molecule has 4 aromatic rings. The highest BCUT2D eigenvalue weighted by molar-refractivity contribution is 7.20. The highest BCUT2D eigenvalue weighted by Crippen LogP contribution is 2.46. The van der Waals surface area contributed by atoms with Gasteiger partial charge in [-0.3, -0.25) is 4.58 Å². The second-order valence-electron chi connectivity index (χ2n) is 12.3. The predicted octanol–water partition coefficient (Wildman–Crippen LogP) is 9.18. The summed E-state index contributed by atoms with van der Waals surface area (Å²) in [6, 6.07) is 17.2. The lowest BCUT2D eigenvalue weighted by atomic mass is 9.79. The van der Waals surface area contributed by atoms with Crippen LogP contribution >= 0.6 is 11.3 Å². The molecule has 0 saturated heterocycles. The van der Waals surface area contributed by atoms with Crippen molar-refractivity contribution in [3.63, 3.8) is 0 Å². The van der Waals surface area contributed by atoms with E-state index in [0.717, 1.165) is 6.42 Å². The first kappa shape index (κ1) is 23.9. The normalized spacial score (nSPS) is 14.3. The Kier molecular flexibility index (Phi) is 5.53. The van der Waals surface area contributed by atoms with Crippen molar-refractivity contribution in [2.24, 2.45) is 5.41 Å². The number of hydrogen-bond donors (Lipinski definition) is 0. The summed E-state index contributed by atoms with van der Waals surface area (Å²) in [6.07, 6.45) is 5.46. The van der Waals surface area contributed by atoms with Crippen LogP contribution in [0.1, 0.15) is 79.8 Å². The van der Waals surface area contributed by atoms with Crippen molar-refractivity contribution in [2.75, 3.05) is 0 Å². The Morgan fingerprint density at radius 3 is 2.29 bits per heavy atom. The molecule has 0 fully saturated rings. The third kappa shape index (κ3) is 4.02. The van der Waals surface area contributed by atoms with Gasteiger partial charge in [-0.25, -0.2) is 0 Å². The van der Waals surface area contributed by atoms with Crippen LogP contribution in [0.3, 0.4) is 0 Å². The summed E-state index contributed by atoms with van der Waals surface area (Å²) in [6.45, 7) is 22.9. The maximum absolute atomic E-state index is 4.44. The van der Waals surface area contributed by atoms with Crippen LogP contribution < -0.4 is 0 Å². The van der Waals surface area contributed by atoms with Crippen molar-refractivity contribution in [1.82, 2.24) is 0 Å². The molecule has 5 rings (SSSR count). The molecule has 1 aromatic heterocycles. The molecule has 0 atom stereocenters. The van der Waals surface area contributed by atoms with Crippen molar-refractivity contribution in [2.45, 2.75) is 67.2 Å². The van der Waals surface area contributed by atoms with Crippen molar-refractivity contribution >= 4 is 45.0 Å². The molecule has 0 bridgehead atoms. The van der Waals surface area contributed by atoms with E-state index in [1.807, 2.05) is 11.3 Å². The molecular weight excluding hydrogens is 442 g/mol. The van der Waals surface area contributed by atoms with E-state index in [1.54, 1.807) is 0 Å². The maximum Gasteiger partial charge on any atom is 0.197 e. The van der Waals surface area contributed by atoms with Gasteiger partial charge >= 0.3 is 0 Å². The van der Waals surface area contributed by atoms with E-state index in [4.69, 9.17) is 0 Å². The second-order valence-corrected chi connectivity index (χ2v) is 13.4. The number of benzene rings is 3. The fourth-order valence-electron chi connectivity index (χ4n) is 5.49. The van der Waals surface area contributed by atoms with Crippen LogP contribution in [0, 0.1) is 25.3 Å². The summed E-state index contributed by atoms with van der Waals surface area (Å²) in [7, 11) is 0. The smallest absolute Gasteiger partial charge is 0.197 e. The molecule has 0 unspecified atom stereocenters. The van der Waals surface area contributed by atoms with Gasteiger partial charge in [0.1, 0.15) is 17.5 Å². The van der Waals surface area contributed by atoms with Gasteiger partial charge in [0.25, 0.3) is 0 Å². The monoisotopic (exact) mass is 479 g/mol. The summed E-state index contributed by atoms with van der Waals surface area (Å²) < 4.78 is 3.48. The van der Waals surface area contributed by atoms with E-state index >= 15 is 0 Å². The maximum atomic E-state index is 4.44. The number of aryl methyl sites for hydroxylation is 2. The van der Waals surface area contributed by atoms with Gasteiger partial charge in [0.05, 0.1) is 6.72 Å². The summed E-state index contributed by atoms with van der Waals surface area (Å²) in [5, 5.41) is 4.04. The molecule has 180 valence electrons. The molecule has 2 heteroatoms. The van der Waals surface area contributed by atoms with Crippen LogP contribution in [0.25, 0.3) is 26.9 Å². The molecule has 1 aliphatic rings. The lowest BCUT2D eigenvalue weighted by Crippen LogP contribution is -2.20. The van der Waals surface area contributed by atoms with Crippen LogP contribution in [-0.2, 0) is 11.8 Å². The van der Waals surface area contributed by atoms with Gasteiger partial charge in [-0.2, -0.15) is 0 Å². The Bertz CT molecular complexity index is 1520. The Morgan fingerprint density at radius 2 is 1.63 bits per heavy atom. The minimum atomic E-state index is 0.0422. The first-order valence-corrected chi connectivity index (χ1v) is 13.4. The van der Waals surface area contributed by atoms with Crippen LogP contribution in [-0.4, -0.2) is 11.3 Å². The van der Waals surface area contributed by atoms with E-state index in [-0.39, 0.29) is 10.8 Å². The van der Waals surface area contributed by atoms with E-state index in [2.05, 4.69) is 121 Å². The Labute approximate surface area is 214 Å². The molecule has 0 aliphatic carbocycles. The zero-order valence-electron chi connectivity index (χ0n) is 22.5.